The number of rotatable bonds is 7. The summed E-state index contributed by atoms with van der Waals surface area (Å²) in [6.45, 7) is 6.04. The van der Waals surface area contributed by atoms with Gasteiger partial charge in [-0.2, -0.15) is 0 Å². The average molecular weight is 452 g/mol. The number of aliphatic carboxylic acids is 1. The number of benzene rings is 1. The number of fused-ring (bicyclic) bond motifs is 3. The summed E-state index contributed by atoms with van der Waals surface area (Å²) in [6, 6.07) is 7.58. The zero-order valence-corrected chi connectivity index (χ0v) is 19.0. The molecule has 1 aromatic carbocycles. The summed E-state index contributed by atoms with van der Waals surface area (Å²) in [5.74, 6) is 0.350. The Morgan fingerprint density at radius 1 is 1.22 bits per heavy atom. The number of carboxylic acid groups (broad SMARTS) is 1. The molecule has 3 aromatic rings. The van der Waals surface area contributed by atoms with Crippen LogP contribution in [0.4, 0.5) is 0 Å². The number of aryl methyl sites for hydroxylation is 3. The molecule has 0 fully saturated rings. The number of nitrogens with zero attached hydrogens (tertiary/aromatic N) is 4. The van der Waals surface area contributed by atoms with Crippen LogP contribution in [0, 0.1) is 20.8 Å². The summed E-state index contributed by atoms with van der Waals surface area (Å²) < 4.78 is 1.96. The van der Waals surface area contributed by atoms with Crippen molar-refractivity contribution in [1.82, 2.24) is 20.2 Å². The van der Waals surface area contributed by atoms with Crippen LogP contribution in [0.1, 0.15) is 57.7 Å². The van der Waals surface area contributed by atoms with E-state index in [0.717, 1.165) is 46.1 Å². The van der Waals surface area contributed by atoms with Crippen LogP contribution in [0.25, 0.3) is 5.00 Å². The quantitative estimate of drug-likeness (QED) is 0.467. The van der Waals surface area contributed by atoms with Gasteiger partial charge in [-0.15, -0.1) is 21.5 Å². The fourth-order valence-corrected chi connectivity index (χ4v) is 5.12. The SMILES string of the molecule is Cc1sc2c(c1C)C(c1ccc(CCC=CNO)cc1)=N[C@H](CC(=O)O)c1nnc(C)n1-2. The lowest BCUT2D eigenvalue weighted by Gasteiger charge is -2.11. The number of nitrogens with one attached hydrogen (secondary N) is 1. The number of hydrogen-bond donors (Lipinski definition) is 3. The molecule has 9 heteroatoms. The van der Waals surface area contributed by atoms with Gasteiger partial charge >= 0.3 is 5.97 Å². The predicted octanol–water partition coefficient (Wildman–Crippen LogP) is 4.05. The van der Waals surface area contributed by atoms with Crippen molar-refractivity contribution in [2.45, 2.75) is 46.1 Å². The molecule has 0 radical (unpaired) electrons. The maximum absolute atomic E-state index is 11.6. The molecule has 0 spiro atoms. The standard InChI is InChI=1S/C23H25N5O3S/c1-13-14(2)32-23-20(13)21(17-9-7-16(8-10-17)6-4-5-11-24-31)25-18(12-19(29)30)22-27-26-15(3)28(22)23/h5,7-11,18,24,31H,4,6,12H2,1-3H3,(H,29,30)/t18-/m1/s1. The van der Waals surface area contributed by atoms with E-state index in [1.54, 1.807) is 11.3 Å². The van der Waals surface area contributed by atoms with Crippen molar-refractivity contribution < 1.29 is 15.1 Å². The van der Waals surface area contributed by atoms with Crippen molar-refractivity contribution in [3.63, 3.8) is 0 Å². The summed E-state index contributed by atoms with van der Waals surface area (Å²) >= 11 is 1.65. The van der Waals surface area contributed by atoms with Crippen LogP contribution >= 0.6 is 11.3 Å². The molecule has 8 nitrogen and oxygen atoms in total. The Morgan fingerprint density at radius 3 is 2.66 bits per heavy atom. The topological polar surface area (TPSA) is 113 Å². The first kappa shape index (κ1) is 21.9. The Labute approximate surface area is 189 Å². The second-order valence-corrected chi connectivity index (χ2v) is 8.97. The third-order valence-corrected chi connectivity index (χ3v) is 6.82. The molecule has 1 aliphatic rings. The van der Waals surface area contributed by atoms with E-state index >= 15 is 0 Å². The van der Waals surface area contributed by atoms with Gasteiger partial charge < -0.3 is 5.11 Å². The Balaban J connectivity index is 1.81. The van der Waals surface area contributed by atoms with Crippen molar-refractivity contribution in [2.75, 3.05) is 0 Å². The molecule has 0 unspecified atom stereocenters. The highest BCUT2D eigenvalue weighted by atomic mass is 32.1. The first-order valence-corrected chi connectivity index (χ1v) is 11.2. The fraction of sp³-hybridized carbons (Fsp3) is 0.304. The minimum atomic E-state index is -0.927. The number of carboxylic acids is 1. The van der Waals surface area contributed by atoms with Gasteiger partial charge in [0.05, 0.1) is 12.1 Å². The van der Waals surface area contributed by atoms with Gasteiger partial charge in [0.1, 0.15) is 16.9 Å². The second-order valence-electron chi connectivity index (χ2n) is 7.76. The van der Waals surface area contributed by atoms with E-state index in [0.29, 0.717) is 5.82 Å². The van der Waals surface area contributed by atoms with E-state index in [2.05, 4.69) is 36.2 Å². The number of allylic oxidation sites excluding steroid dienone is 1. The minimum Gasteiger partial charge on any atom is -0.481 e. The maximum Gasteiger partial charge on any atom is 0.306 e. The molecular weight excluding hydrogens is 426 g/mol. The fourth-order valence-electron chi connectivity index (χ4n) is 3.91. The average Bonchev–Trinajstić information content (AvgIpc) is 3.24. The summed E-state index contributed by atoms with van der Waals surface area (Å²) in [4.78, 5) is 17.7. The predicted molar refractivity (Wildman–Crippen MR) is 123 cm³/mol. The van der Waals surface area contributed by atoms with Crippen molar-refractivity contribution in [3.8, 4) is 5.00 Å². The molecule has 0 saturated heterocycles. The molecule has 0 aliphatic carbocycles. The van der Waals surface area contributed by atoms with E-state index in [1.165, 1.54) is 16.6 Å². The first-order chi connectivity index (χ1) is 15.4. The molecule has 3 N–H and O–H groups in total. The van der Waals surface area contributed by atoms with Crippen LogP contribution in [0.2, 0.25) is 0 Å². The molecule has 2 aromatic heterocycles. The van der Waals surface area contributed by atoms with Gasteiger partial charge in [-0.3, -0.25) is 25.0 Å². The van der Waals surface area contributed by atoms with Gasteiger partial charge in [0.25, 0.3) is 0 Å². The Morgan fingerprint density at radius 2 is 1.97 bits per heavy atom. The molecule has 4 rings (SSSR count). The highest BCUT2D eigenvalue weighted by Gasteiger charge is 2.32. The summed E-state index contributed by atoms with van der Waals surface area (Å²) in [5.41, 5.74) is 7.04. The van der Waals surface area contributed by atoms with Crippen LogP contribution in [0.15, 0.2) is 41.5 Å². The smallest absolute Gasteiger partial charge is 0.306 e. The summed E-state index contributed by atoms with van der Waals surface area (Å²) in [7, 11) is 0. The lowest BCUT2D eigenvalue weighted by atomic mass is 9.98. The first-order valence-electron chi connectivity index (χ1n) is 10.4. The number of hydroxylamine groups is 1. The molecular formula is C23H25N5O3S. The van der Waals surface area contributed by atoms with Gasteiger partial charge in [0.2, 0.25) is 0 Å². The molecule has 32 heavy (non-hydrogen) atoms. The van der Waals surface area contributed by atoms with Crippen molar-refractivity contribution in [3.05, 3.63) is 75.3 Å². The molecule has 0 bridgehead atoms. The van der Waals surface area contributed by atoms with Crippen LogP contribution in [0.5, 0.6) is 0 Å². The van der Waals surface area contributed by atoms with E-state index in [-0.39, 0.29) is 6.42 Å². The Kier molecular flexibility index (Phi) is 6.20. The largest absolute Gasteiger partial charge is 0.481 e. The molecule has 1 aliphatic heterocycles. The number of thiophene rings is 1. The highest BCUT2D eigenvalue weighted by Crippen LogP contribution is 2.39. The van der Waals surface area contributed by atoms with Crippen molar-refractivity contribution in [2.24, 2.45) is 4.99 Å². The number of carbonyl (C=O) groups is 1. The normalized spacial score (nSPS) is 15.2. The zero-order chi connectivity index (χ0) is 22.8. The van der Waals surface area contributed by atoms with Crippen molar-refractivity contribution in [1.29, 1.82) is 0 Å². The molecule has 3 heterocycles. The van der Waals surface area contributed by atoms with Crippen LogP contribution in [-0.2, 0) is 11.2 Å². The highest BCUT2D eigenvalue weighted by molar-refractivity contribution is 7.15. The maximum atomic E-state index is 11.6. The van der Waals surface area contributed by atoms with Gasteiger partial charge in [-0.1, -0.05) is 30.3 Å². The van der Waals surface area contributed by atoms with E-state index in [9.17, 15) is 9.90 Å². The van der Waals surface area contributed by atoms with E-state index in [4.69, 9.17) is 10.2 Å². The zero-order valence-electron chi connectivity index (χ0n) is 18.2. The number of aromatic nitrogens is 3. The second kappa shape index (κ2) is 9.05. The van der Waals surface area contributed by atoms with Crippen LogP contribution in [-0.4, -0.2) is 36.8 Å². The monoisotopic (exact) mass is 451 g/mol. The van der Waals surface area contributed by atoms with Gasteiger partial charge in [0, 0.05) is 22.2 Å². The summed E-state index contributed by atoms with van der Waals surface area (Å²) in [6.07, 6.45) is 4.85. The molecule has 0 amide bonds. The van der Waals surface area contributed by atoms with Crippen LogP contribution < -0.4 is 5.48 Å². The van der Waals surface area contributed by atoms with E-state index < -0.39 is 12.0 Å². The van der Waals surface area contributed by atoms with Gasteiger partial charge in [-0.05, 0) is 44.7 Å². The Bertz CT molecular complexity index is 1210. The number of hydrogen-bond acceptors (Lipinski definition) is 7. The number of aliphatic imine (C=N–C) groups is 1. The lowest BCUT2D eigenvalue weighted by molar-refractivity contribution is -0.137. The minimum absolute atomic E-state index is 0.155. The Hall–Kier alpha value is -3.30. The summed E-state index contributed by atoms with van der Waals surface area (Å²) in [5, 5.41) is 27.6. The third kappa shape index (κ3) is 4.09. The molecule has 166 valence electrons. The van der Waals surface area contributed by atoms with Gasteiger partial charge in [0.15, 0.2) is 5.82 Å². The molecule has 0 saturated carbocycles. The van der Waals surface area contributed by atoms with Gasteiger partial charge in [-0.25, -0.2) is 0 Å². The lowest BCUT2D eigenvalue weighted by Crippen LogP contribution is -2.10. The van der Waals surface area contributed by atoms with Crippen molar-refractivity contribution >= 4 is 23.0 Å². The van der Waals surface area contributed by atoms with E-state index in [1.807, 2.05) is 35.2 Å². The third-order valence-electron chi connectivity index (χ3n) is 5.63. The van der Waals surface area contributed by atoms with Crippen LogP contribution in [0.3, 0.4) is 0 Å². The molecule has 1 atom stereocenters.